The summed E-state index contributed by atoms with van der Waals surface area (Å²) in [5, 5.41) is 18.3. The van der Waals surface area contributed by atoms with E-state index >= 15 is 0 Å². The molecule has 2 aromatic rings. The van der Waals surface area contributed by atoms with E-state index in [4.69, 9.17) is 5.73 Å². The van der Waals surface area contributed by atoms with Gasteiger partial charge in [-0.15, -0.1) is 10.2 Å². The van der Waals surface area contributed by atoms with Crippen LogP contribution in [0.15, 0.2) is 72.2 Å². The average Bonchev–Trinajstić information content (AvgIpc) is 3.36. The number of allylic oxidation sites excluding steroid dienone is 7. The van der Waals surface area contributed by atoms with Gasteiger partial charge in [-0.2, -0.15) is 0 Å². The number of aryl methyl sites for hydroxylation is 1. The molecule has 1 aliphatic rings. The summed E-state index contributed by atoms with van der Waals surface area (Å²) >= 11 is 1.39. The lowest BCUT2D eigenvalue weighted by molar-refractivity contribution is -0.120. The highest BCUT2D eigenvalue weighted by Crippen LogP contribution is 2.24. The molecule has 1 aromatic carbocycles. The van der Waals surface area contributed by atoms with Crippen molar-refractivity contribution in [2.75, 3.05) is 18.6 Å². The van der Waals surface area contributed by atoms with Gasteiger partial charge in [0.15, 0.2) is 9.84 Å². The minimum absolute atomic E-state index is 0.0589. The van der Waals surface area contributed by atoms with Gasteiger partial charge in [-0.25, -0.2) is 8.42 Å². The number of benzene rings is 1. The molecular weight excluding hydrogens is 573 g/mol. The van der Waals surface area contributed by atoms with Gasteiger partial charge in [-0.05, 0) is 54.4 Å². The summed E-state index contributed by atoms with van der Waals surface area (Å²) in [5.74, 6) is 0.667. The van der Waals surface area contributed by atoms with E-state index in [2.05, 4.69) is 45.2 Å². The molecule has 2 atom stereocenters. The number of hydrogen-bond acceptors (Lipinski definition) is 9. The molecule has 226 valence electrons. The van der Waals surface area contributed by atoms with E-state index in [0.717, 1.165) is 29.8 Å². The number of amides is 2. The van der Waals surface area contributed by atoms with Crippen molar-refractivity contribution >= 4 is 38.1 Å². The molecule has 0 radical (unpaired) electrons. The number of anilines is 1. The van der Waals surface area contributed by atoms with Gasteiger partial charge in [0.05, 0.1) is 12.2 Å². The van der Waals surface area contributed by atoms with Crippen molar-refractivity contribution < 1.29 is 18.0 Å². The summed E-state index contributed by atoms with van der Waals surface area (Å²) in [6, 6.07) is 7.00. The van der Waals surface area contributed by atoms with Crippen LogP contribution in [-0.4, -0.2) is 43.7 Å². The van der Waals surface area contributed by atoms with Gasteiger partial charge in [0.1, 0.15) is 10.8 Å². The van der Waals surface area contributed by atoms with Crippen LogP contribution >= 0.6 is 11.3 Å². The number of hydrogen-bond donors (Lipinski definition) is 4. The molecule has 0 bridgehead atoms. The molecule has 2 unspecified atom stereocenters. The van der Waals surface area contributed by atoms with E-state index in [0.29, 0.717) is 41.0 Å². The highest BCUT2D eigenvalue weighted by molar-refractivity contribution is 7.89. The number of sulfone groups is 1. The number of rotatable bonds is 15. The van der Waals surface area contributed by atoms with Crippen LogP contribution < -0.4 is 21.7 Å². The van der Waals surface area contributed by atoms with Crippen LogP contribution in [0.1, 0.15) is 48.7 Å². The molecule has 42 heavy (non-hydrogen) atoms. The third-order valence-electron chi connectivity index (χ3n) is 6.59. The summed E-state index contributed by atoms with van der Waals surface area (Å²) < 4.78 is 23.1. The molecule has 2 amide bonds. The van der Waals surface area contributed by atoms with E-state index in [1.54, 1.807) is 43.5 Å². The quantitative estimate of drug-likeness (QED) is 0.175. The van der Waals surface area contributed by atoms with Crippen LogP contribution in [-0.2, 0) is 38.0 Å². The number of unbranched alkanes of at least 4 members (excludes halogenated alkanes) is 1. The van der Waals surface area contributed by atoms with Gasteiger partial charge < -0.3 is 21.7 Å². The molecule has 3 rings (SSSR count). The number of nitrogens with two attached hydrogens (primary N) is 1. The third kappa shape index (κ3) is 12.0. The second-order valence-electron chi connectivity index (χ2n) is 10.4. The van der Waals surface area contributed by atoms with Crippen LogP contribution in [0.3, 0.4) is 0 Å². The first kappa shape index (κ1) is 32.7. The monoisotopic (exact) mass is 612 g/mol. The van der Waals surface area contributed by atoms with E-state index < -0.39 is 9.84 Å². The van der Waals surface area contributed by atoms with Crippen molar-refractivity contribution in [3.63, 3.8) is 0 Å². The van der Waals surface area contributed by atoms with Gasteiger partial charge in [-0.1, -0.05) is 66.8 Å². The standard InChI is InChI=1S/C30H40N6O4S2/c1-21-9-4-5-12-24(21)19-28(38)34-30-36-35-29(41-30)14-7-6-13-25(31)15-16-26(32-2)33-27(37)18-22-10-8-11-23(17-22)20-42(3,39)40/h4-5,8-12,15-17,21,24,32H,6-7,13-14,18-20,31H2,1-3H3,(H,33,37)(H,34,36,38)/b25-15-,26-16+. The van der Waals surface area contributed by atoms with E-state index in [1.165, 1.54) is 17.6 Å². The molecule has 0 fully saturated rings. The minimum Gasteiger partial charge on any atom is -0.402 e. The molecule has 0 spiro atoms. The fourth-order valence-corrected chi connectivity index (χ4v) is 5.97. The summed E-state index contributed by atoms with van der Waals surface area (Å²) in [6.07, 6.45) is 16.5. The van der Waals surface area contributed by atoms with Gasteiger partial charge in [0, 0.05) is 31.8 Å². The summed E-state index contributed by atoms with van der Waals surface area (Å²) in [6.45, 7) is 2.10. The predicted octanol–water partition coefficient (Wildman–Crippen LogP) is 3.76. The lowest BCUT2D eigenvalue weighted by atomic mass is 9.87. The Morgan fingerprint density at radius 3 is 2.57 bits per heavy atom. The van der Waals surface area contributed by atoms with Gasteiger partial charge >= 0.3 is 0 Å². The maximum Gasteiger partial charge on any atom is 0.229 e. The van der Waals surface area contributed by atoms with E-state index in [9.17, 15) is 18.0 Å². The van der Waals surface area contributed by atoms with Crippen molar-refractivity contribution in [3.05, 3.63) is 88.4 Å². The van der Waals surface area contributed by atoms with Crippen molar-refractivity contribution in [1.82, 2.24) is 20.8 Å². The Bertz CT molecular complexity index is 1460. The fraction of sp³-hybridized carbons (Fsp3) is 0.400. The zero-order valence-corrected chi connectivity index (χ0v) is 25.9. The molecule has 1 heterocycles. The number of carbonyl (C=O) groups excluding carboxylic acids is 2. The average molecular weight is 613 g/mol. The highest BCUT2D eigenvalue weighted by atomic mass is 32.2. The Morgan fingerprint density at radius 2 is 1.83 bits per heavy atom. The largest absolute Gasteiger partial charge is 0.402 e. The molecule has 5 N–H and O–H groups in total. The number of nitrogens with zero attached hydrogens (tertiary/aromatic N) is 2. The Hall–Kier alpha value is -3.77. The Morgan fingerprint density at radius 1 is 1.07 bits per heavy atom. The van der Waals surface area contributed by atoms with E-state index in [1.807, 2.05) is 12.2 Å². The van der Waals surface area contributed by atoms with Crippen molar-refractivity contribution in [3.8, 4) is 0 Å². The molecule has 12 heteroatoms. The van der Waals surface area contributed by atoms with Crippen LogP contribution in [0.5, 0.6) is 0 Å². The topological polar surface area (TPSA) is 156 Å². The minimum atomic E-state index is -3.15. The predicted molar refractivity (Wildman–Crippen MR) is 168 cm³/mol. The number of nitrogens with one attached hydrogen (secondary N) is 3. The number of aromatic nitrogens is 2. The third-order valence-corrected chi connectivity index (χ3v) is 8.35. The van der Waals surface area contributed by atoms with Crippen LogP contribution in [0.4, 0.5) is 5.13 Å². The van der Waals surface area contributed by atoms with Crippen LogP contribution in [0, 0.1) is 11.8 Å². The van der Waals surface area contributed by atoms with Crippen LogP contribution in [0.25, 0.3) is 0 Å². The first-order chi connectivity index (χ1) is 20.0. The normalized spacial score (nSPS) is 17.2. The first-order valence-electron chi connectivity index (χ1n) is 13.9. The maximum atomic E-state index is 12.5. The molecule has 0 saturated carbocycles. The zero-order valence-electron chi connectivity index (χ0n) is 24.3. The number of carbonyl (C=O) groups is 2. The summed E-state index contributed by atoms with van der Waals surface area (Å²) in [7, 11) is -1.45. The SMILES string of the molecule is CN/C(=C\C=C(/N)CCCCc1nnc(NC(=O)CC2C=CC=CC2C)s1)NC(=O)Cc1cccc(CS(C)(=O)=O)c1. The second kappa shape index (κ2) is 16.0. The molecule has 1 aromatic heterocycles. The van der Waals surface area contributed by atoms with Gasteiger partial charge in [0.25, 0.3) is 0 Å². The Kier molecular flexibility index (Phi) is 12.5. The Labute approximate surface area is 252 Å². The van der Waals surface area contributed by atoms with Crippen molar-refractivity contribution in [2.24, 2.45) is 17.6 Å². The first-order valence-corrected chi connectivity index (χ1v) is 16.7. The molecule has 1 aliphatic carbocycles. The maximum absolute atomic E-state index is 12.5. The lowest BCUT2D eigenvalue weighted by Gasteiger charge is -2.19. The lowest BCUT2D eigenvalue weighted by Crippen LogP contribution is -2.30. The molecule has 0 aliphatic heterocycles. The summed E-state index contributed by atoms with van der Waals surface area (Å²) in [4.78, 5) is 24.9. The summed E-state index contributed by atoms with van der Waals surface area (Å²) in [5.41, 5.74) is 8.23. The molecular formula is C30H40N6O4S2. The van der Waals surface area contributed by atoms with Crippen molar-refractivity contribution in [1.29, 1.82) is 0 Å². The molecule has 10 nitrogen and oxygen atoms in total. The van der Waals surface area contributed by atoms with Gasteiger partial charge in [0.2, 0.25) is 16.9 Å². The van der Waals surface area contributed by atoms with E-state index in [-0.39, 0.29) is 29.9 Å². The highest BCUT2D eigenvalue weighted by Gasteiger charge is 2.19. The zero-order chi connectivity index (χ0) is 30.5. The Balaban J connectivity index is 1.39. The smallest absolute Gasteiger partial charge is 0.229 e. The van der Waals surface area contributed by atoms with Crippen molar-refractivity contribution in [2.45, 2.75) is 51.2 Å². The molecule has 0 saturated heterocycles. The van der Waals surface area contributed by atoms with Gasteiger partial charge in [-0.3, -0.25) is 9.59 Å². The fourth-order valence-electron chi connectivity index (χ4n) is 4.39. The van der Waals surface area contributed by atoms with Crippen LogP contribution in [0.2, 0.25) is 0 Å². The second-order valence-corrected chi connectivity index (χ2v) is 13.6.